The van der Waals surface area contributed by atoms with Crippen LogP contribution in [0.3, 0.4) is 0 Å². The molecule has 9 heteroatoms. The van der Waals surface area contributed by atoms with E-state index in [4.69, 9.17) is 0 Å². The zero-order chi connectivity index (χ0) is 20.9. The third-order valence-corrected chi connectivity index (χ3v) is 6.17. The van der Waals surface area contributed by atoms with E-state index >= 15 is 0 Å². The molecule has 29 heavy (non-hydrogen) atoms. The second-order valence-electron chi connectivity index (χ2n) is 7.95. The zero-order valence-corrected chi connectivity index (χ0v) is 18.0. The van der Waals surface area contributed by atoms with Crippen LogP contribution in [0.4, 0.5) is 5.69 Å². The summed E-state index contributed by atoms with van der Waals surface area (Å²) in [5, 5.41) is 18.4. The average molecular weight is 417 g/mol. The SMILES string of the molecule is CCC(C)(C)NC(=O)c1ccc(NC(=O)CSc2nnnn2C2CCCC2)cc1. The molecule has 1 aromatic carbocycles. The molecule has 0 radical (unpaired) electrons. The van der Waals surface area contributed by atoms with Crippen LogP contribution in [0.25, 0.3) is 0 Å². The molecule has 1 saturated carbocycles. The molecule has 2 aromatic rings. The molecule has 2 amide bonds. The van der Waals surface area contributed by atoms with Crippen molar-refractivity contribution in [3.63, 3.8) is 0 Å². The van der Waals surface area contributed by atoms with Crippen LogP contribution in [0.5, 0.6) is 0 Å². The number of carbonyl (C=O) groups excluding carboxylic acids is 2. The van der Waals surface area contributed by atoms with Crippen LogP contribution in [0.2, 0.25) is 0 Å². The van der Waals surface area contributed by atoms with Gasteiger partial charge in [0.15, 0.2) is 0 Å². The monoisotopic (exact) mass is 416 g/mol. The Hall–Kier alpha value is -2.42. The molecule has 1 aliphatic carbocycles. The molecule has 1 aliphatic rings. The maximum Gasteiger partial charge on any atom is 0.251 e. The van der Waals surface area contributed by atoms with Gasteiger partial charge in [-0.15, -0.1) is 5.10 Å². The van der Waals surface area contributed by atoms with Crippen molar-refractivity contribution < 1.29 is 9.59 Å². The van der Waals surface area contributed by atoms with Crippen LogP contribution in [-0.4, -0.2) is 43.3 Å². The van der Waals surface area contributed by atoms with E-state index in [2.05, 4.69) is 26.2 Å². The van der Waals surface area contributed by atoms with Crippen LogP contribution in [0.15, 0.2) is 29.4 Å². The summed E-state index contributed by atoms with van der Waals surface area (Å²) in [7, 11) is 0. The number of tetrazole rings is 1. The second kappa shape index (κ2) is 9.39. The Balaban J connectivity index is 1.51. The lowest BCUT2D eigenvalue weighted by molar-refractivity contribution is -0.113. The van der Waals surface area contributed by atoms with Gasteiger partial charge in [-0.3, -0.25) is 9.59 Å². The van der Waals surface area contributed by atoms with Gasteiger partial charge in [0.2, 0.25) is 11.1 Å². The van der Waals surface area contributed by atoms with Gasteiger partial charge in [0.1, 0.15) is 0 Å². The quantitative estimate of drug-likeness (QED) is 0.639. The normalized spacial score (nSPS) is 14.7. The predicted molar refractivity (Wildman–Crippen MR) is 113 cm³/mol. The van der Waals surface area contributed by atoms with Crippen LogP contribution >= 0.6 is 11.8 Å². The molecular weight excluding hydrogens is 388 g/mol. The number of carbonyl (C=O) groups is 2. The van der Waals surface area contributed by atoms with E-state index in [1.165, 1.54) is 24.6 Å². The molecule has 3 rings (SSSR count). The molecule has 8 nitrogen and oxygen atoms in total. The molecule has 0 unspecified atom stereocenters. The maximum atomic E-state index is 12.3. The van der Waals surface area contributed by atoms with Crippen molar-refractivity contribution in [2.75, 3.05) is 11.1 Å². The van der Waals surface area contributed by atoms with E-state index in [-0.39, 0.29) is 23.1 Å². The molecule has 2 N–H and O–H groups in total. The molecule has 0 atom stereocenters. The van der Waals surface area contributed by atoms with Crippen molar-refractivity contribution in [1.29, 1.82) is 0 Å². The Morgan fingerprint density at radius 1 is 1.21 bits per heavy atom. The van der Waals surface area contributed by atoms with Gasteiger partial charge in [0, 0.05) is 16.8 Å². The molecule has 0 aliphatic heterocycles. The molecule has 156 valence electrons. The minimum atomic E-state index is -0.255. The molecule has 0 spiro atoms. The number of rotatable bonds is 8. The summed E-state index contributed by atoms with van der Waals surface area (Å²) in [6.07, 6.45) is 5.40. The molecule has 1 fully saturated rings. The minimum absolute atomic E-state index is 0.121. The lowest BCUT2D eigenvalue weighted by Crippen LogP contribution is -2.42. The first-order valence-corrected chi connectivity index (χ1v) is 11.0. The first kappa shape index (κ1) is 21.3. The number of hydrogen-bond donors (Lipinski definition) is 2. The standard InChI is InChI=1S/C20H28N6O2S/c1-4-20(2,3)22-18(28)14-9-11-15(12-10-14)21-17(27)13-29-19-23-24-25-26(19)16-7-5-6-8-16/h9-12,16H,4-8,13H2,1-3H3,(H,21,27)(H,22,28). The first-order chi connectivity index (χ1) is 13.9. The summed E-state index contributed by atoms with van der Waals surface area (Å²) in [6.45, 7) is 6.00. The maximum absolute atomic E-state index is 12.3. The van der Waals surface area contributed by atoms with Crippen molar-refractivity contribution >= 4 is 29.3 Å². The fourth-order valence-electron chi connectivity index (χ4n) is 3.16. The number of benzene rings is 1. The number of amides is 2. The van der Waals surface area contributed by atoms with Crippen LogP contribution in [-0.2, 0) is 4.79 Å². The highest BCUT2D eigenvalue weighted by Crippen LogP contribution is 2.31. The van der Waals surface area contributed by atoms with Crippen molar-refractivity contribution in [2.24, 2.45) is 0 Å². The van der Waals surface area contributed by atoms with E-state index in [1.807, 2.05) is 25.5 Å². The third-order valence-electron chi connectivity index (χ3n) is 5.23. The van der Waals surface area contributed by atoms with Crippen molar-refractivity contribution in [2.45, 2.75) is 69.6 Å². The Morgan fingerprint density at radius 2 is 1.90 bits per heavy atom. The second-order valence-corrected chi connectivity index (χ2v) is 8.89. The molecule has 0 saturated heterocycles. The Labute approximate surface area is 175 Å². The summed E-state index contributed by atoms with van der Waals surface area (Å²) in [4.78, 5) is 24.6. The van der Waals surface area contributed by atoms with Gasteiger partial charge in [0.25, 0.3) is 5.91 Å². The van der Waals surface area contributed by atoms with E-state index in [0.29, 0.717) is 22.4 Å². The number of nitrogens with zero attached hydrogens (tertiary/aromatic N) is 4. The van der Waals surface area contributed by atoms with E-state index in [0.717, 1.165) is 19.3 Å². The van der Waals surface area contributed by atoms with Gasteiger partial charge in [-0.25, -0.2) is 4.68 Å². The molecule has 1 heterocycles. The topological polar surface area (TPSA) is 102 Å². The number of nitrogens with one attached hydrogen (secondary N) is 2. The van der Waals surface area contributed by atoms with E-state index < -0.39 is 0 Å². The first-order valence-electron chi connectivity index (χ1n) is 10.0. The van der Waals surface area contributed by atoms with E-state index in [9.17, 15) is 9.59 Å². The highest BCUT2D eigenvalue weighted by atomic mass is 32.2. The van der Waals surface area contributed by atoms with Gasteiger partial charge in [-0.2, -0.15) is 0 Å². The molecule has 1 aromatic heterocycles. The summed E-state index contributed by atoms with van der Waals surface area (Å²) in [6, 6.07) is 7.24. The number of thioether (sulfide) groups is 1. The lowest BCUT2D eigenvalue weighted by Gasteiger charge is -2.24. The summed E-state index contributed by atoms with van der Waals surface area (Å²) >= 11 is 1.34. The highest BCUT2D eigenvalue weighted by molar-refractivity contribution is 7.99. The van der Waals surface area contributed by atoms with Gasteiger partial charge in [-0.05, 0) is 67.8 Å². The largest absolute Gasteiger partial charge is 0.347 e. The smallest absolute Gasteiger partial charge is 0.251 e. The third kappa shape index (κ3) is 5.79. The minimum Gasteiger partial charge on any atom is -0.347 e. The van der Waals surface area contributed by atoms with Gasteiger partial charge in [0.05, 0.1) is 11.8 Å². The Bertz CT molecular complexity index is 843. The summed E-state index contributed by atoms with van der Waals surface area (Å²) in [5.74, 6) is -0.0376. The Kier molecular flexibility index (Phi) is 6.89. The van der Waals surface area contributed by atoms with Gasteiger partial charge < -0.3 is 10.6 Å². The van der Waals surface area contributed by atoms with Crippen molar-refractivity contribution in [3.8, 4) is 0 Å². The number of hydrogen-bond acceptors (Lipinski definition) is 6. The lowest BCUT2D eigenvalue weighted by atomic mass is 10.0. The average Bonchev–Trinajstić information content (AvgIpc) is 3.38. The van der Waals surface area contributed by atoms with Crippen molar-refractivity contribution in [1.82, 2.24) is 25.5 Å². The summed E-state index contributed by atoms with van der Waals surface area (Å²) < 4.78 is 1.84. The summed E-state index contributed by atoms with van der Waals surface area (Å²) in [5.41, 5.74) is 0.960. The molecule has 0 bridgehead atoms. The zero-order valence-electron chi connectivity index (χ0n) is 17.1. The molecular formula is C20H28N6O2S. The predicted octanol–water partition coefficient (Wildman–Crippen LogP) is 3.44. The highest BCUT2D eigenvalue weighted by Gasteiger charge is 2.22. The van der Waals surface area contributed by atoms with E-state index in [1.54, 1.807) is 24.3 Å². The van der Waals surface area contributed by atoms with Gasteiger partial charge in [-0.1, -0.05) is 31.5 Å². The fraction of sp³-hybridized carbons (Fsp3) is 0.550. The van der Waals surface area contributed by atoms with Crippen LogP contribution < -0.4 is 10.6 Å². The van der Waals surface area contributed by atoms with Crippen LogP contribution in [0.1, 0.15) is 69.3 Å². The van der Waals surface area contributed by atoms with Crippen molar-refractivity contribution in [3.05, 3.63) is 29.8 Å². The number of anilines is 1. The fourth-order valence-corrected chi connectivity index (χ4v) is 3.90. The van der Waals surface area contributed by atoms with Gasteiger partial charge >= 0.3 is 0 Å². The number of aromatic nitrogens is 4. The Morgan fingerprint density at radius 3 is 2.55 bits per heavy atom. The van der Waals surface area contributed by atoms with Crippen LogP contribution in [0, 0.1) is 0 Å².